The number of alkyl halides is 2. The van der Waals surface area contributed by atoms with Crippen LogP contribution in [0.2, 0.25) is 0 Å². The molecule has 6 heteroatoms. The molecule has 0 aromatic carbocycles. The van der Waals surface area contributed by atoms with Gasteiger partial charge in [0.1, 0.15) is 0 Å². The molecular formula is C15H19F2N3O. The van der Waals surface area contributed by atoms with Gasteiger partial charge in [0.15, 0.2) is 0 Å². The first-order chi connectivity index (χ1) is 10.1. The molecule has 1 saturated carbocycles. The van der Waals surface area contributed by atoms with E-state index in [0.717, 1.165) is 18.5 Å². The van der Waals surface area contributed by atoms with Gasteiger partial charge in [-0.05, 0) is 25.7 Å². The zero-order valence-corrected chi connectivity index (χ0v) is 11.8. The van der Waals surface area contributed by atoms with E-state index in [1.807, 2.05) is 4.90 Å². The third-order valence-corrected chi connectivity index (χ3v) is 4.53. The van der Waals surface area contributed by atoms with Crippen LogP contribution in [0.25, 0.3) is 0 Å². The molecule has 0 spiro atoms. The van der Waals surface area contributed by atoms with E-state index in [4.69, 9.17) is 0 Å². The Morgan fingerprint density at radius 3 is 2.67 bits per heavy atom. The monoisotopic (exact) mass is 295 g/mol. The number of rotatable bonds is 2. The molecule has 4 nitrogen and oxygen atoms in total. The number of nitrogens with zero attached hydrogens (tertiary/aromatic N) is 3. The zero-order valence-electron chi connectivity index (χ0n) is 11.8. The lowest BCUT2D eigenvalue weighted by molar-refractivity contribution is -0.140. The molecule has 1 amide bonds. The Morgan fingerprint density at radius 2 is 2.00 bits per heavy atom. The summed E-state index contributed by atoms with van der Waals surface area (Å²) in [6.07, 6.45) is 6.94. The van der Waals surface area contributed by atoms with Crippen molar-refractivity contribution in [1.29, 1.82) is 0 Å². The minimum absolute atomic E-state index is 0.0126. The smallest absolute Gasteiger partial charge is 0.248 e. The molecule has 21 heavy (non-hydrogen) atoms. The average Bonchev–Trinajstić information content (AvgIpc) is 2.97. The second-order valence-electron chi connectivity index (χ2n) is 5.95. The van der Waals surface area contributed by atoms with Crippen molar-refractivity contribution >= 4 is 5.91 Å². The Kier molecular flexibility index (Phi) is 3.87. The number of halogens is 2. The summed E-state index contributed by atoms with van der Waals surface area (Å²) in [4.78, 5) is 22.8. The van der Waals surface area contributed by atoms with Crippen LogP contribution in [-0.4, -0.2) is 33.2 Å². The molecule has 0 N–H and O–H groups in total. The number of amides is 1. The number of likely N-dealkylation sites (tertiary alicyclic amines) is 1. The predicted molar refractivity (Wildman–Crippen MR) is 72.6 cm³/mol. The van der Waals surface area contributed by atoms with E-state index in [1.165, 1.54) is 0 Å². The van der Waals surface area contributed by atoms with Gasteiger partial charge >= 0.3 is 0 Å². The third kappa shape index (κ3) is 3.04. The summed E-state index contributed by atoms with van der Waals surface area (Å²) in [5.74, 6) is -2.84. The van der Waals surface area contributed by atoms with Crippen molar-refractivity contribution in [3.05, 3.63) is 24.3 Å². The number of carbonyl (C=O) groups excluding carboxylic acids is 1. The predicted octanol–water partition coefficient (Wildman–Crippen LogP) is 2.97. The fraction of sp³-hybridized carbons (Fsp3) is 0.667. The minimum atomic E-state index is -2.59. The maximum Gasteiger partial charge on any atom is 0.248 e. The topological polar surface area (TPSA) is 46.1 Å². The zero-order chi connectivity index (χ0) is 14.9. The van der Waals surface area contributed by atoms with Crippen LogP contribution < -0.4 is 0 Å². The van der Waals surface area contributed by atoms with E-state index in [0.29, 0.717) is 6.54 Å². The quantitative estimate of drug-likeness (QED) is 0.842. The van der Waals surface area contributed by atoms with Crippen molar-refractivity contribution in [2.75, 3.05) is 6.54 Å². The molecule has 2 fully saturated rings. The lowest BCUT2D eigenvalue weighted by Gasteiger charge is -2.32. The van der Waals surface area contributed by atoms with Gasteiger partial charge in [-0.3, -0.25) is 14.8 Å². The van der Waals surface area contributed by atoms with Crippen LogP contribution in [-0.2, 0) is 4.79 Å². The number of aromatic nitrogens is 2. The molecular weight excluding hydrogens is 276 g/mol. The van der Waals surface area contributed by atoms with Crippen molar-refractivity contribution in [1.82, 2.24) is 14.9 Å². The minimum Gasteiger partial charge on any atom is -0.334 e. The molecule has 3 rings (SSSR count). The molecule has 1 aliphatic heterocycles. The van der Waals surface area contributed by atoms with Crippen LogP contribution in [0.15, 0.2) is 18.6 Å². The van der Waals surface area contributed by atoms with Crippen LogP contribution in [0.5, 0.6) is 0 Å². The maximum atomic E-state index is 13.2. The Morgan fingerprint density at radius 1 is 1.24 bits per heavy atom. The Balaban J connectivity index is 1.69. The van der Waals surface area contributed by atoms with Gasteiger partial charge in [0.05, 0.1) is 17.9 Å². The highest BCUT2D eigenvalue weighted by molar-refractivity contribution is 5.79. The van der Waals surface area contributed by atoms with Gasteiger partial charge in [-0.25, -0.2) is 8.78 Å². The van der Waals surface area contributed by atoms with E-state index in [2.05, 4.69) is 9.97 Å². The van der Waals surface area contributed by atoms with E-state index in [1.54, 1.807) is 18.6 Å². The van der Waals surface area contributed by atoms with Crippen LogP contribution in [0.4, 0.5) is 8.78 Å². The van der Waals surface area contributed by atoms with Gasteiger partial charge in [-0.2, -0.15) is 0 Å². The summed E-state index contributed by atoms with van der Waals surface area (Å²) >= 11 is 0. The largest absolute Gasteiger partial charge is 0.334 e. The summed E-state index contributed by atoms with van der Waals surface area (Å²) in [6, 6.07) is -0.0476. The Labute approximate surface area is 122 Å². The second kappa shape index (κ2) is 5.66. The SMILES string of the molecule is O=C(C1CCC(F)(F)CC1)N1CCC[C@H]1c1cnccn1. The summed E-state index contributed by atoms with van der Waals surface area (Å²) in [6.45, 7) is 0.687. The van der Waals surface area contributed by atoms with Crippen LogP contribution in [0.1, 0.15) is 50.3 Å². The Hall–Kier alpha value is -1.59. The number of carbonyl (C=O) groups is 1. The van der Waals surface area contributed by atoms with Crippen LogP contribution >= 0.6 is 0 Å². The van der Waals surface area contributed by atoms with Gasteiger partial charge in [-0.15, -0.1) is 0 Å². The highest BCUT2D eigenvalue weighted by Gasteiger charge is 2.41. The molecule has 1 atom stereocenters. The molecule has 114 valence electrons. The normalized spacial score (nSPS) is 26.0. The van der Waals surface area contributed by atoms with E-state index >= 15 is 0 Å². The fourth-order valence-electron chi connectivity index (χ4n) is 3.34. The molecule has 0 bridgehead atoms. The average molecular weight is 295 g/mol. The van der Waals surface area contributed by atoms with Crippen molar-refractivity contribution in [3.8, 4) is 0 Å². The highest BCUT2D eigenvalue weighted by atomic mass is 19.3. The molecule has 1 aliphatic carbocycles. The van der Waals surface area contributed by atoms with Crippen molar-refractivity contribution in [2.45, 2.75) is 50.5 Å². The summed E-state index contributed by atoms with van der Waals surface area (Å²) in [7, 11) is 0. The van der Waals surface area contributed by atoms with Crippen molar-refractivity contribution in [3.63, 3.8) is 0 Å². The first kappa shape index (κ1) is 14.4. The molecule has 1 saturated heterocycles. The molecule has 2 heterocycles. The maximum absolute atomic E-state index is 13.2. The first-order valence-corrected chi connectivity index (χ1v) is 7.51. The third-order valence-electron chi connectivity index (χ3n) is 4.53. The van der Waals surface area contributed by atoms with Gasteiger partial charge in [0.25, 0.3) is 0 Å². The number of hydrogen-bond acceptors (Lipinski definition) is 3. The molecule has 1 aromatic heterocycles. The standard InChI is InChI=1S/C15H19F2N3O/c16-15(17)5-3-11(4-6-15)14(21)20-9-1-2-13(20)12-10-18-7-8-19-12/h7-8,10-11,13H,1-6,9H2/t13-/m0/s1. The lowest BCUT2D eigenvalue weighted by Crippen LogP contribution is -2.39. The molecule has 1 aromatic rings. The van der Waals surface area contributed by atoms with Gasteiger partial charge in [0, 0.05) is 37.7 Å². The van der Waals surface area contributed by atoms with Gasteiger partial charge in [0.2, 0.25) is 11.8 Å². The first-order valence-electron chi connectivity index (χ1n) is 7.51. The van der Waals surface area contributed by atoms with Gasteiger partial charge < -0.3 is 4.90 Å². The van der Waals surface area contributed by atoms with Crippen molar-refractivity contribution < 1.29 is 13.6 Å². The van der Waals surface area contributed by atoms with Gasteiger partial charge in [-0.1, -0.05) is 0 Å². The lowest BCUT2D eigenvalue weighted by atomic mass is 9.85. The van der Waals surface area contributed by atoms with E-state index in [-0.39, 0.29) is 43.6 Å². The summed E-state index contributed by atoms with van der Waals surface area (Å²) in [5.41, 5.74) is 0.796. The highest BCUT2D eigenvalue weighted by Crippen LogP contribution is 2.39. The molecule has 0 unspecified atom stereocenters. The number of hydrogen-bond donors (Lipinski definition) is 0. The summed E-state index contributed by atoms with van der Waals surface area (Å²) in [5, 5.41) is 0. The van der Waals surface area contributed by atoms with E-state index in [9.17, 15) is 13.6 Å². The van der Waals surface area contributed by atoms with Crippen LogP contribution in [0, 0.1) is 5.92 Å². The molecule has 2 aliphatic rings. The molecule has 0 radical (unpaired) electrons. The second-order valence-corrected chi connectivity index (χ2v) is 5.95. The van der Waals surface area contributed by atoms with E-state index < -0.39 is 5.92 Å². The van der Waals surface area contributed by atoms with Crippen LogP contribution in [0.3, 0.4) is 0 Å². The summed E-state index contributed by atoms with van der Waals surface area (Å²) < 4.78 is 26.4. The van der Waals surface area contributed by atoms with Crippen molar-refractivity contribution in [2.24, 2.45) is 5.92 Å². The fourth-order valence-corrected chi connectivity index (χ4v) is 3.34. The Bertz CT molecular complexity index is 499.